The average Bonchev–Trinajstić information content (AvgIpc) is 2.94. The second-order valence-corrected chi connectivity index (χ2v) is 4.94. The van der Waals surface area contributed by atoms with Crippen LogP contribution in [0.15, 0.2) is 21.2 Å². The lowest BCUT2D eigenvalue weighted by Gasteiger charge is -1.99. The summed E-state index contributed by atoms with van der Waals surface area (Å²) in [4.78, 5) is 0. The molecule has 2 aromatic heterocycles. The highest BCUT2D eigenvalue weighted by Gasteiger charge is 2.19. The van der Waals surface area contributed by atoms with Crippen molar-refractivity contribution in [2.24, 2.45) is 0 Å². The third-order valence-corrected chi connectivity index (χ3v) is 3.34. The van der Waals surface area contributed by atoms with E-state index in [-0.39, 0.29) is 0 Å². The van der Waals surface area contributed by atoms with E-state index < -0.39 is 0 Å². The summed E-state index contributed by atoms with van der Waals surface area (Å²) in [7, 11) is 0. The predicted octanol–water partition coefficient (Wildman–Crippen LogP) is 2.58. The van der Waals surface area contributed by atoms with Crippen molar-refractivity contribution < 1.29 is 8.83 Å². The zero-order chi connectivity index (χ0) is 13.1. The highest BCUT2D eigenvalue weighted by atomic mass is 16.4. The molecule has 0 saturated heterocycles. The number of nitrogens with one attached hydrogen (secondary N) is 1. The van der Waals surface area contributed by atoms with E-state index in [0.29, 0.717) is 11.8 Å². The molecule has 1 aliphatic carbocycles. The third-order valence-electron chi connectivity index (χ3n) is 3.34. The highest BCUT2D eigenvalue weighted by Crippen LogP contribution is 2.24. The van der Waals surface area contributed by atoms with Gasteiger partial charge in [-0.3, -0.25) is 0 Å². The van der Waals surface area contributed by atoms with E-state index >= 15 is 0 Å². The number of aryl methyl sites for hydroxylation is 2. The second kappa shape index (κ2) is 5.57. The molecule has 1 aliphatic rings. The van der Waals surface area contributed by atoms with Crippen molar-refractivity contribution >= 4 is 0 Å². The van der Waals surface area contributed by atoms with Gasteiger partial charge in [-0.15, -0.1) is 10.2 Å². The lowest BCUT2D eigenvalue weighted by molar-refractivity contribution is 0.485. The van der Waals surface area contributed by atoms with Gasteiger partial charge < -0.3 is 14.2 Å². The van der Waals surface area contributed by atoms with Crippen molar-refractivity contribution in [3.05, 3.63) is 24.0 Å². The van der Waals surface area contributed by atoms with E-state index in [9.17, 15) is 0 Å². The molecule has 0 atom stereocenters. The molecule has 0 amide bonds. The third kappa shape index (κ3) is 3.04. The molecule has 5 nitrogen and oxygen atoms in total. The average molecular weight is 261 g/mol. The van der Waals surface area contributed by atoms with Crippen molar-refractivity contribution in [1.29, 1.82) is 0 Å². The van der Waals surface area contributed by atoms with Crippen LogP contribution in [-0.4, -0.2) is 22.8 Å². The number of rotatable bonds is 7. The van der Waals surface area contributed by atoms with Crippen LogP contribution in [0, 0.1) is 0 Å². The predicted molar refractivity (Wildman–Crippen MR) is 70.7 cm³/mol. The number of hydrogen-bond acceptors (Lipinski definition) is 5. The minimum absolute atomic E-state index is 0.566. The fourth-order valence-electron chi connectivity index (χ4n) is 2.10. The minimum Gasteiger partial charge on any atom is -0.469 e. The molecule has 19 heavy (non-hydrogen) atoms. The van der Waals surface area contributed by atoms with Gasteiger partial charge in [0.15, 0.2) is 0 Å². The smallest absolute Gasteiger partial charge is 0.251 e. The van der Waals surface area contributed by atoms with Crippen LogP contribution in [0.3, 0.4) is 0 Å². The lowest BCUT2D eigenvalue weighted by atomic mass is 10.2. The van der Waals surface area contributed by atoms with Crippen molar-refractivity contribution in [3.8, 4) is 11.5 Å². The maximum atomic E-state index is 5.68. The van der Waals surface area contributed by atoms with Crippen molar-refractivity contribution in [1.82, 2.24) is 15.5 Å². The number of nitrogens with zero attached hydrogens (tertiary/aromatic N) is 2. The first kappa shape index (κ1) is 12.4. The van der Waals surface area contributed by atoms with Crippen LogP contribution in [0.1, 0.15) is 37.8 Å². The normalized spacial score (nSPS) is 15.0. The SMILES string of the molecule is CCc1occc1-c1nnc(CCCNC2CC2)o1. The van der Waals surface area contributed by atoms with E-state index in [4.69, 9.17) is 8.83 Å². The summed E-state index contributed by atoms with van der Waals surface area (Å²) in [6, 6.07) is 2.64. The van der Waals surface area contributed by atoms with Gasteiger partial charge in [-0.05, 0) is 31.9 Å². The molecule has 1 N–H and O–H groups in total. The molecule has 1 saturated carbocycles. The van der Waals surface area contributed by atoms with Gasteiger partial charge in [-0.2, -0.15) is 0 Å². The summed E-state index contributed by atoms with van der Waals surface area (Å²) in [5, 5.41) is 11.7. The van der Waals surface area contributed by atoms with Crippen LogP contribution in [0.5, 0.6) is 0 Å². The van der Waals surface area contributed by atoms with Crippen molar-refractivity contribution in [2.45, 2.75) is 45.1 Å². The van der Waals surface area contributed by atoms with E-state index in [2.05, 4.69) is 15.5 Å². The van der Waals surface area contributed by atoms with Gasteiger partial charge in [0.05, 0.1) is 11.8 Å². The molecule has 0 bridgehead atoms. The Bertz CT molecular complexity index is 528. The molecule has 0 aliphatic heterocycles. The Kier molecular flexibility index (Phi) is 3.64. The Labute approximate surface area is 112 Å². The van der Waals surface area contributed by atoms with E-state index in [1.165, 1.54) is 12.8 Å². The van der Waals surface area contributed by atoms with Gasteiger partial charge in [0.25, 0.3) is 5.89 Å². The van der Waals surface area contributed by atoms with Gasteiger partial charge in [0.2, 0.25) is 5.89 Å². The zero-order valence-electron chi connectivity index (χ0n) is 11.2. The molecule has 5 heteroatoms. The van der Waals surface area contributed by atoms with Crippen LogP contribution in [-0.2, 0) is 12.8 Å². The molecule has 0 radical (unpaired) electrons. The monoisotopic (exact) mass is 261 g/mol. The molecular weight excluding hydrogens is 242 g/mol. The second-order valence-electron chi connectivity index (χ2n) is 4.94. The zero-order valence-corrected chi connectivity index (χ0v) is 11.2. The highest BCUT2D eigenvalue weighted by molar-refractivity contribution is 5.54. The van der Waals surface area contributed by atoms with Gasteiger partial charge in [-0.25, -0.2) is 0 Å². The molecule has 1 fully saturated rings. The van der Waals surface area contributed by atoms with Gasteiger partial charge in [0, 0.05) is 18.9 Å². The molecular formula is C14H19N3O2. The largest absolute Gasteiger partial charge is 0.469 e. The summed E-state index contributed by atoms with van der Waals surface area (Å²) in [5.74, 6) is 2.16. The minimum atomic E-state index is 0.566. The summed E-state index contributed by atoms with van der Waals surface area (Å²) < 4.78 is 11.1. The fourth-order valence-corrected chi connectivity index (χ4v) is 2.10. The molecule has 0 unspecified atom stereocenters. The Morgan fingerprint density at radius 1 is 1.37 bits per heavy atom. The lowest BCUT2D eigenvalue weighted by Crippen LogP contribution is -2.17. The van der Waals surface area contributed by atoms with Crippen molar-refractivity contribution in [2.75, 3.05) is 6.54 Å². The van der Waals surface area contributed by atoms with Crippen molar-refractivity contribution in [3.63, 3.8) is 0 Å². The van der Waals surface area contributed by atoms with E-state index in [1.54, 1.807) is 6.26 Å². The molecule has 3 rings (SSSR count). The summed E-state index contributed by atoms with van der Waals surface area (Å²) >= 11 is 0. The van der Waals surface area contributed by atoms with Gasteiger partial charge in [-0.1, -0.05) is 6.92 Å². The number of hydrogen-bond donors (Lipinski definition) is 1. The first-order valence-electron chi connectivity index (χ1n) is 6.99. The van der Waals surface area contributed by atoms with Crippen LogP contribution >= 0.6 is 0 Å². The van der Waals surface area contributed by atoms with Crippen LogP contribution in [0.25, 0.3) is 11.5 Å². The molecule has 0 spiro atoms. The maximum Gasteiger partial charge on any atom is 0.251 e. The van der Waals surface area contributed by atoms with E-state index in [0.717, 1.165) is 43.2 Å². The molecule has 102 valence electrons. The Hall–Kier alpha value is -1.62. The first-order chi connectivity index (χ1) is 9.36. The summed E-state index contributed by atoms with van der Waals surface area (Å²) in [6.45, 7) is 3.07. The number of furan rings is 1. The van der Waals surface area contributed by atoms with Crippen LogP contribution in [0.4, 0.5) is 0 Å². The maximum absolute atomic E-state index is 5.68. The van der Waals surface area contributed by atoms with Crippen LogP contribution < -0.4 is 5.32 Å². The fraction of sp³-hybridized carbons (Fsp3) is 0.571. The molecule has 0 aromatic carbocycles. The first-order valence-corrected chi connectivity index (χ1v) is 6.99. The number of aromatic nitrogens is 2. The van der Waals surface area contributed by atoms with Gasteiger partial charge >= 0.3 is 0 Å². The molecule has 2 aromatic rings. The molecule has 2 heterocycles. The Morgan fingerprint density at radius 3 is 3.05 bits per heavy atom. The topological polar surface area (TPSA) is 64.1 Å². The summed E-state index contributed by atoms with van der Waals surface area (Å²) in [5.41, 5.74) is 0.914. The standard InChI is InChI=1S/C14H19N3O2/c1-2-12-11(7-9-18-12)14-17-16-13(19-14)4-3-8-15-10-5-6-10/h7,9-10,15H,2-6,8H2,1H3. The van der Waals surface area contributed by atoms with E-state index in [1.807, 2.05) is 13.0 Å². The van der Waals surface area contributed by atoms with Gasteiger partial charge in [0.1, 0.15) is 5.76 Å². The quantitative estimate of drug-likeness (QED) is 0.776. The van der Waals surface area contributed by atoms with Crippen LogP contribution in [0.2, 0.25) is 0 Å². The summed E-state index contributed by atoms with van der Waals surface area (Å²) in [6.07, 6.45) is 7.00. The Morgan fingerprint density at radius 2 is 2.26 bits per heavy atom. The Balaban J connectivity index is 1.56.